The maximum absolute atomic E-state index is 12.4. The number of nitrogens with zero attached hydrogens (tertiary/aromatic N) is 2. The molecule has 0 atom stereocenters. The van der Waals surface area contributed by atoms with Crippen LogP contribution in [-0.2, 0) is 4.74 Å². The van der Waals surface area contributed by atoms with E-state index < -0.39 is 5.97 Å². The van der Waals surface area contributed by atoms with Gasteiger partial charge in [-0.1, -0.05) is 0 Å². The molecule has 6 nitrogen and oxygen atoms in total. The Morgan fingerprint density at radius 1 is 1.43 bits per heavy atom. The molecule has 2 aromatic heterocycles. The predicted octanol–water partition coefficient (Wildman–Crippen LogP) is 2.87. The summed E-state index contributed by atoms with van der Waals surface area (Å²) in [6.07, 6.45) is 0. The molecule has 0 aromatic carbocycles. The summed E-state index contributed by atoms with van der Waals surface area (Å²) in [5, 5.41) is 9.25. The quantitative estimate of drug-likeness (QED) is 0.881. The van der Waals surface area contributed by atoms with Gasteiger partial charge in [-0.15, -0.1) is 11.3 Å². The number of ether oxygens (including phenoxy) is 1. The highest BCUT2D eigenvalue weighted by Crippen LogP contribution is 2.25. The molecule has 2 aromatic rings. The topological polar surface area (TPSA) is 73.2 Å². The maximum Gasteiger partial charge on any atom is 0.340 e. The second kappa shape index (κ2) is 6.09. The zero-order chi connectivity index (χ0) is 15.6. The van der Waals surface area contributed by atoms with Crippen LogP contribution < -0.4 is 5.32 Å². The van der Waals surface area contributed by atoms with E-state index in [1.165, 1.54) is 18.4 Å². The second-order valence-electron chi connectivity index (χ2n) is 4.82. The molecule has 0 saturated carbocycles. The minimum Gasteiger partial charge on any atom is -0.465 e. The summed E-state index contributed by atoms with van der Waals surface area (Å²) >= 11 is 1.27. The first-order valence-electron chi connectivity index (χ1n) is 6.47. The van der Waals surface area contributed by atoms with Crippen LogP contribution in [0.5, 0.6) is 0 Å². The van der Waals surface area contributed by atoms with Crippen molar-refractivity contribution < 1.29 is 14.3 Å². The van der Waals surface area contributed by atoms with Crippen molar-refractivity contribution in [1.29, 1.82) is 0 Å². The van der Waals surface area contributed by atoms with Crippen LogP contribution in [0.15, 0.2) is 17.5 Å². The molecule has 1 amide bonds. The number of amides is 1. The Morgan fingerprint density at radius 3 is 2.76 bits per heavy atom. The lowest BCUT2D eigenvalue weighted by Gasteiger charge is -2.11. The monoisotopic (exact) mass is 307 g/mol. The Bertz CT molecular complexity index is 673. The molecule has 2 rings (SSSR count). The van der Waals surface area contributed by atoms with Crippen molar-refractivity contribution in [2.45, 2.75) is 26.8 Å². The Balaban J connectivity index is 2.27. The fourth-order valence-electron chi connectivity index (χ4n) is 1.92. The highest BCUT2D eigenvalue weighted by atomic mass is 32.1. The SMILES string of the molecule is COC(=O)c1ccsc1NC(=O)c1cc(C)nn1C(C)C. The van der Waals surface area contributed by atoms with Gasteiger partial charge >= 0.3 is 5.97 Å². The molecular formula is C14H17N3O3S. The number of thiophene rings is 1. The molecule has 0 radical (unpaired) electrons. The molecule has 0 aliphatic carbocycles. The van der Waals surface area contributed by atoms with Crippen molar-refractivity contribution in [2.75, 3.05) is 12.4 Å². The molecule has 2 heterocycles. The van der Waals surface area contributed by atoms with Gasteiger partial charge in [0.1, 0.15) is 10.7 Å². The summed E-state index contributed by atoms with van der Waals surface area (Å²) in [7, 11) is 1.31. The van der Waals surface area contributed by atoms with Crippen LogP contribution in [0.25, 0.3) is 0 Å². The van der Waals surface area contributed by atoms with Gasteiger partial charge in [-0.3, -0.25) is 9.48 Å². The third-order valence-corrected chi connectivity index (χ3v) is 3.71. The van der Waals surface area contributed by atoms with Crippen molar-refractivity contribution in [3.8, 4) is 0 Å². The number of rotatable bonds is 4. The molecule has 112 valence electrons. The molecule has 0 aliphatic rings. The van der Waals surface area contributed by atoms with E-state index >= 15 is 0 Å². The number of aromatic nitrogens is 2. The number of carbonyl (C=O) groups is 2. The largest absolute Gasteiger partial charge is 0.465 e. The first-order valence-corrected chi connectivity index (χ1v) is 7.35. The van der Waals surface area contributed by atoms with Crippen LogP contribution in [0.1, 0.15) is 46.4 Å². The maximum atomic E-state index is 12.4. The Morgan fingerprint density at radius 2 is 2.14 bits per heavy atom. The van der Waals surface area contributed by atoms with Crippen molar-refractivity contribution in [3.63, 3.8) is 0 Å². The van der Waals surface area contributed by atoms with Gasteiger partial charge in [0.05, 0.1) is 18.4 Å². The average Bonchev–Trinajstić information content (AvgIpc) is 3.04. The van der Waals surface area contributed by atoms with Gasteiger partial charge in [0.2, 0.25) is 0 Å². The van der Waals surface area contributed by atoms with Gasteiger partial charge in [-0.2, -0.15) is 5.10 Å². The normalized spacial score (nSPS) is 10.7. The number of anilines is 1. The minimum atomic E-state index is -0.472. The van der Waals surface area contributed by atoms with Crippen molar-refractivity contribution in [1.82, 2.24) is 9.78 Å². The van der Waals surface area contributed by atoms with E-state index in [1.807, 2.05) is 20.8 Å². The number of aryl methyl sites for hydroxylation is 1. The molecular weight excluding hydrogens is 290 g/mol. The smallest absolute Gasteiger partial charge is 0.340 e. The van der Waals surface area contributed by atoms with E-state index in [1.54, 1.807) is 22.2 Å². The number of hydrogen-bond donors (Lipinski definition) is 1. The van der Waals surface area contributed by atoms with Gasteiger partial charge in [0.25, 0.3) is 5.91 Å². The fourth-order valence-corrected chi connectivity index (χ4v) is 2.69. The third-order valence-electron chi connectivity index (χ3n) is 2.88. The molecule has 0 aliphatic heterocycles. The molecule has 0 unspecified atom stereocenters. The van der Waals surface area contributed by atoms with Crippen LogP contribution in [-0.4, -0.2) is 28.8 Å². The Hall–Kier alpha value is -2.15. The Labute approximate surface area is 126 Å². The van der Waals surface area contributed by atoms with Gasteiger partial charge in [0, 0.05) is 6.04 Å². The molecule has 0 fully saturated rings. The molecule has 7 heteroatoms. The summed E-state index contributed by atoms with van der Waals surface area (Å²) < 4.78 is 6.35. The van der Waals surface area contributed by atoms with Crippen LogP contribution in [0.4, 0.5) is 5.00 Å². The van der Waals surface area contributed by atoms with E-state index in [4.69, 9.17) is 0 Å². The molecule has 0 saturated heterocycles. The predicted molar refractivity (Wildman–Crippen MR) is 81.0 cm³/mol. The first-order chi connectivity index (χ1) is 9.93. The highest BCUT2D eigenvalue weighted by Gasteiger charge is 2.20. The van der Waals surface area contributed by atoms with Crippen LogP contribution in [0, 0.1) is 6.92 Å². The molecule has 21 heavy (non-hydrogen) atoms. The Kier molecular flexibility index (Phi) is 4.42. The summed E-state index contributed by atoms with van der Waals surface area (Å²) in [6, 6.07) is 3.42. The van der Waals surface area contributed by atoms with E-state index in [2.05, 4.69) is 15.2 Å². The van der Waals surface area contributed by atoms with E-state index in [0.29, 0.717) is 16.3 Å². The van der Waals surface area contributed by atoms with Gasteiger partial charge < -0.3 is 10.1 Å². The number of methoxy groups -OCH3 is 1. The van der Waals surface area contributed by atoms with Crippen LogP contribution in [0.3, 0.4) is 0 Å². The molecule has 1 N–H and O–H groups in total. The van der Waals surface area contributed by atoms with Crippen molar-refractivity contribution in [2.24, 2.45) is 0 Å². The zero-order valence-corrected chi connectivity index (χ0v) is 13.2. The molecule has 0 spiro atoms. The van der Waals surface area contributed by atoms with E-state index in [0.717, 1.165) is 5.69 Å². The minimum absolute atomic E-state index is 0.0721. The van der Waals surface area contributed by atoms with Crippen LogP contribution >= 0.6 is 11.3 Å². The van der Waals surface area contributed by atoms with Crippen LogP contribution in [0.2, 0.25) is 0 Å². The van der Waals surface area contributed by atoms with Gasteiger partial charge in [-0.25, -0.2) is 4.79 Å². The lowest BCUT2D eigenvalue weighted by atomic mass is 10.3. The first kappa shape index (κ1) is 15.2. The summed E-state index contributed by atoms with van der Waals surface area (Å²) in [5.74, 6) is -0.767. The standard InChI is InChI=1S/C14H17N3O3S/c1-8(2)17-11(7-9(3)16-17)12(18)15-13-10(5-6-21-13)14(19)20-4/h5-8H,1-4H3,(H,15,18). The zero-order valence-electron chi connectivity index (χ0n) is 12.3. The number of nitrogens with one attached hydrogen (secondary N) is 1. The number of hydrogen-bond acceptors (Lipinski definition) is 5. The summed E-state index contributed by atoms with van der Waals surface area (Å²) in [6.45, 7) is 5.74. The third kappa shape index (κ3) is 3.13. The van der Waals surface area contributed by atoms with Gasteiger partial charge in [-0.05, 0) is 38.3 Å². The van der Waals surface area contributed by atoms with E-state index in [9.17, 15) is 9.59 Å². The lowest BCUT2D eigenvalue weighted by molar-refractivity contribution is 0.0602. The summed E-state index contributed by atoms with van der Waals surface area (Å²) in [5.41, 5.74) is 1.59. The average molecular weight is 307 g/mol. The fraction of sp³-hybridized carbons (Fsp3) is 0.357. The van der Waals surface area contributed by atoms with Gasteiger partial charge in [0.15, 0.2) is 0 Å². The lowest BCUT2D eigenvalue weighted by Crippen LogP contribution is -2.19. The van der Waals surface area contributed by atoms with E-state index in [-0.39, 0.29) is 11.9 Å². The number of esters is 1. The highest BCUT2D eigenvalue weighted by molar-refractivity contribution is 7.14. The number of carbonyl (C=O) groups excluding carboxylic acids is 2. The summed E-state index contributed by atoms with van der Waals surface area (Å²) in [4.78, 5) is 24.0. The second-order valence-corrected chi connectivity index (χ2v) is 5.73. The molecule has 0 bridgehead atoms. The van der Waals surface area contributed by atoms with Crippen molar-refractivity contribution in [3.05, 3.63) is 34.5 Å². The van der Waals surface area contributed by atoms with Crippen molar-refractivity contribution >= 4 is 28.2 Å².